The molecule has 2 aromatic carbocycles. The number of carbonyl (C=O) groups is 1. The lowest BCUT2D eigenvalue weighted by molar-refractivity contribution is 0.102. The number of hydrogen-bond acceptors (Lipinski definition) is 6. The number of piperazine rings is 1. The van der Waals surface area contributed by atoms with Crippen LogP contribution in [0.15, 0.2) is 60.7 Å². The molecule has 0 unspecified atom stereocenters. The molecule has 0 saturated carbocycles. The van der Waals surface area contributed by atoms with E-state index >= 15 is 0 Å². The smallest absolute Gasteiger partial charge is 0.259 e. The van der Waals surface area contributed by atoms with Gasteiger partial charge < -0.3 is 19.9 Å². The number of anilines is 2. The summed E-state index contributed by atoms with van der Waals surface area (Å²) in [6.07, 6.45) is 0. The normalized spacial score (nSPS) is 14.3. The van der Waals surface area contributed by atoms with E-state index < -0.39 is 0 Å². The van der Waals surface area contributed by atoms with Crippen molar-refractivity contribution in [2.45, 2.75) is 6.92 Å². The highest BCUT2D eigenvalue weighted by molar-refractivity contribution is 6.06. The number of carbonyl (C=O) groups excluding carboxylic acids is 1. The van der Waals surface area contributed by atoms with Crippen LogP contribution in [0.5, 0.6) is 5.75 Å². The Morgan fingerprint density at radius 2 is 1.81 bits per heavy atom. The first kappa shape index (κ1) is 20.8. The van der Waals surface area contributed by atoms with Gasteiger partial charge in [0.2, 0.25) is 0 Å². The molecule has 0 atom stereocenters. The monoisotopic (exact) mass is 417 g/mol. The number of nitrogens with zero attached hydrogens (tertiary/aromatic N) is 4. The van der Waals surface area contributed by atoms with Gasteiger partial charge in [0.05, 0.1) is 17.9 Å². The van der Waals surface area contributed by atoms with Gasteiger partial charge in [-0.3, -0.25) is 4.79 Å². The maximum atomic E-state index is 12.8. The molecule has 0 aliphatic carbocycles. The minimum absolute atomic E-state index is 0.210. The van der Waals surface area contributed by atoms with Crippen LogP contribution >= 0.6 is 0 Å². The van der Waals surface area contributed by atoms with Gasteiger partial charge in [0.15, 0.2) is 5.82 Å². The summed E-state index contributed by atoms with van der Waals surface area (Å²) in [6, 6.07) is 18.8. The van der Waals surface area contributed by atoms with Gasteiger partial charge in [-0.1, -0.05) is 24.3 Å². The lowest BCUT2D eigenvalue weighted by Gasteiger charge is -2.32. The number of benzene rings is 2. The summed E-state index contributed by atoms with van der Waals surface area (Å²) >= 11 is 0. The van der Waals surface area contributed by atoms with E-state index in [4.69, 9.17) is 4.74 Å². The molecule has 2 heterocycles. The Hall–Kier alpha value is -3.45. The van der Waals surface area contributed by atoms with Gasteiger partial charge in [0.25, 0.3) is 5.91 Å². The van der Waals surface area contributed by atoms with Crippen molar-refractivity contribution >= 4 is 17.4 Å². The predicted molar refractivity (Wildman–Crippen MR) is 123 cm³/mol. The van der Waals surface area contributed by atoms with Crippen LogP contribution in [0.4, 0.5) is 11.5 Å². The van der Waals surface area contributed by atoms with E-state index in [0.717, 1.165) is 43.3 Å². The number of likely N-dealkylation sites (N-methyl/N-ethyl adjacent to an activating group) is 1. The molecule has 1 N–H and O–H groups in total. The first-order chi connectivity index (χ1) is 15.1. The van der Waals surface area contributed by atoms with Crippen molar-refractivity contribution in [3.05, 3.63) is 66.2 Å². The van der Waals surface area contributed by atoms with E-state index in [9.17, 15) is 4.79 Å². The van der Waals surface area contributed by atoms with Gasteiger partial charge in [-0.15, -0.1) is 10.2 Å². The number of ether oxygens (including phenoxy) is 1. The Kier molecular flexibility index (Phi) is 6.43. The Balaban J connectivity index is 1.48. The lowest BCUT2D eigenvalue weighted by Crippen LogP contribution is -2.44. The van der Waals surface area contributed by atoms with Crippen molar-refractivity contribution in [2.75, 3.05) is 50.1 Å². The average Bonchev–Trinajstić information content (AvgIpc) is 2.80. The van der Waals surface area contributed by atoms with E-state index in [0.29, 0.717) is 23.6 Å². The Bertz CT molecular complexity index is 1030. The van der Waals surface area contributed by atoms with Crippen molar-refractivity contribution in [3.8, 4) is 17.0 Å². The summed E-state index contributed by atoms with van der Waals surface area (Å²) < 4.78 is 5.57. The third-order valence-corrected chi connectivity index (χ3v) is 5.33. The van der Waals surface area contributed by atoms with Gasteiger partial charge in [0.1, 0.15) is 5.75 Å². The molecule has 1 amide bonds. The highest BCUT2D eigenvalue weighted by Crippen LogP contribution is 2.24. The van der Waals surface area contributed by atoms with E-state index in [1.807, 2.05) is 55.5 Å². The molecule has 1 fully saturated rings. The summed E-state index contributed by atoms with van der Waals surface area (Å²) in [5, 5.41) is 11.8. The number of rotatable bonds is 6. The van der Waals surface area contributed by atoms with E-state index in [1.165, 1.54) is 0 Å². The van der Waals surface area contributed by atoms with Gasteiger partial charge in [-0.05, 0) is 50.4 Å². The fourth-order valence-electron chi connectivity index (χ4n) is 3.57. The molecule has 1 aromatic heterocycles. The maximum absolute atomic E-state index is 12.8. The maximum Gasteiger partial charge on any atom is 0.259 e. The summed E-state index contributed by atoms with van der Waals surface area (Å²) in [4.78, 5) is 17.3. The molecule has 7 heteroatoms. The largest absolute Gasteiger partial charge is 0.493 e. The second-order valence-electron chi connectivity index (χ2n) is 7.53. The standard InChI is InChI=1S/C24H27N5O2/c1-3-31-22-10-5-4-9-20(22)24(30)25-19-8-6-7-18(17-19)21-11-12-23(27-26-21)29-15-13-28(2)14-16-29/h4-12,17H,3,13-16H2,1-2H3,(H,25,30). The summed E-state index contributed by atoms with van der Waals surface area (Å²) in [5.74, 6) is 1.26. The zero-order valence-corrected chi connectivity index (χ0v) is 17.9. The van der Waals surface area contributed by atoms with Gasteiger partial charge in [-0.2, -0.15) is 0 Å². The molecule has 160 valence electrons. The molecular formula is C24H27N5O2. The summed E-state index contributed by atoms with van der Waals surface area (Å²) in [5.41, 5.74) is 2.86. The molecule has 4 rings (SSSR count). The Labute approximate surface area is 182 Å². The van der Waals surface area contributed by atoms with Crippen LogP contribution in [0.3, 0.4) is 0 Å². The molecule has 7 nitrogen and oxygen atoms in total. The van der Waals surface area contributed by atoms with Gasteiger partial charge in [-0.25, -0.2) is 0 Å². The van der Waals surface area contributed by atoms with Crippen molar-refractivity contribution in [2.24, 2.45) is 0 Å². The number of nitrogens with one attached hydrogen (secondary N) is 1. The average molecular weight is 418 g/mol. The second-order valence-corrected chi connectivity index (χ2v) is 7.53. The highest BCUT2D eigenvalue weighted by Gasteiger charge is 2.16. The number of para-hydroxylation sites is 1. The third kappa shape index (κ3) is 5.00. The zero-order valence-electron chi connectivity index (χ0n) is 17.9. The third-order valence-electron chi connectivity index (χ3n) is 5.33. The highest BCUT2D eigenvalue weighted by atomic mass is 16.5. The van der Waals surface area contributed by atoms with Crippen LogP contribution in [0.1, 0.15) is 17.3 Å². The molecule has 0 radical (unpaired) electrons. The zero-order chi connectivity index (χ0) is 21.6. The van der Waals surface area contributed by atoms with Crippen LogP contribution < -0.4 is 15.0 Å². The van der Waals surface area contributed by atoms with Crippen LogP contribution in [0.25, 0.3) is 11.3 Å². The second kappa shape index (κ2) is 9.57. The molecule has 1 saturated heterocycles. The molecule has 3 aromatic rings. The van der Waals surface area contributed by atoms with Crippen LogP contribution in [-0.2, 0) is 0 Å². The number of aromatic nitrogens is 2. The Morgan fingerprint density at radius 1 is 1.00 bits per heavy atom. The molecule has 1 aliphatic heterocycles. The molecule has 0 bridgehead atoms. The predicted octanol–water partition coefficient (Wildman–Crippen LogP) is 3.55. The minimum Gasteiger partial charge on any atom is -0.493 e. The molecule has 1 aliphatic rings. The summed E-state index contributed by atoms with van der Waals surface area (Å²) in [7, 11) is 2.13. The van der Waals surface area contributed by atoms with Gasteiger partial charge in [0, 0.05) is 37.4 Å². The lowest BCUT2D eigenvalue weighted by atomic mass is 10.1. The topological polar surface area (TPSA) is 70.6 Å². The fourth-order valence-corrected chi connectivity index (χ4v) is 3.57. The molecule has 31 heavy (non-hydrogen) atoms. The SMILES string of the molecule is CCOc1ccccc1C(=O)Nc1cccc(-c2ccc(N3CCN(C)CC3)nn2)c1. The molecule has 0 spiro atoms. The van der Waals surface area contributed by atoms with Crippen molar-refractivity contribution in [1.29, 1.82) is 0 Å². The fraction of sp³-hybridized carbons (Fsp3) is 0.292. The van der Waals surface area contributed by atoms with Crippen molar-refractivity contribution < 1.29 is 9.53 Å². The Morgan fingerprint density at radius 3 is 2.55 bits per heavy atom. The van der Waals surface area contributed by atoms with Gasteiger partial charge >= 0.3 is 0 Å². The van der Waals surface area contributed by atoms with E-state index in [2.05, 4.69) is 32.4 Å². The van der Waals surface area contributed by atoms with E-state index in [1.54, 1.807) is 12.1 Å². The summed E-state index contributed by atoms with van der Waals surface area (Å²) in [6.45, 7) is 6.36. The first-order valence-electron chi connectivity index (χ1n) is 10.5. The number of hydrogen-bond donors (Lipinski definition) is 1. The number of amides is 1. The molecular weight excluding hydrogens is 390 g/mol. The van der Waals surface area contributed by atoms with Crippen LogP contribution in [-0.4, -0.2) is 60.8 Å². The van der Waals surface area contributed by atoms with Crippen LogP contribution in [0.2, 0.25) is 0 Å². The quantitative estimate of drug-likeness (QED) is 0.662. The van der Waals surface area contributed by atoms with Crippen LogP contribution in [0, 0.1) is 0 Å². The van der Waals surface area contributed by atoms with Crippen molar-refractivity contribution in [1.82, 2.24) is 15.1 Å². The van der Waals surface area contributed by atoms with Crippen molar-refractivity contribution in [3.63, 3.8) is 0 Å². The van der Waals surface area contributed by atoms with E-state index in [-0.39, 0.29) is 5.91 Å². The minimum atomic E-state index is -0.210. The first-order valence-corrected chi connectivity index (χ1v) is 10.5.